The number of nitrogens with zero attached hydrogens (tertiary/aromatic N) is 1. The first kappa shape index (κ1) is 11.5. The molecule has 84 valence electrons. The first-order valence-electron chi connectivity index (χ1n) is 5.18. The molecule has 0 heterocycles. The summed E-state index contributed by atoms with van der Waals surface area (Å²) in [6.45, 7) is 0. The van der Waals surface area contributed by atoms with E-state index >= 15 is 0 Å². The van der Waals surface area contributed by atoms with E-state index in [1.165, 1.54) is 0 Å². The number of hydrogen-bond acceptors (Lipinski definition) is 2. The van der Waals surface area contributed by atoms with E-state index in [0.29, 0.717) is 5.69 Å². The monoisotopic (exact) mass is 242 g/mol. The number of anilines is 1. The van der Waals surface area contributed by atoms with Gasteiger partial charge in [-0.2, -0.15) is 5.26 Å². The molecular formula is C14H11ClN2. The van der Waals surface area contributed by atoms with Gasteiger partial charge in [0.15, 0.2) is 4.87 Å². The lowest BCUT2D eigenvalue weighted by molar-refractivity contribution is 0.939. The molecule has 17 heavy (non-hydrogen) atoms. The molecule has 3 heteroatoms. The summed E-state index contributed by atoms with van der Waals surface area (Å²) in [7, 11) is 0. The number of halogens is 1. The molecule has 1 unspecified atom stereocenters. The predicted octanol–water partition coefficient (Wildman–Crippen LogP) is 3.27. The standard InChI is InChI=1S/C14H11ClN2/c15-14(10-16,11-4-2-1-3-5-11)12-6-8-13(17)9-7-12/h1-9H,17H2. The Balaban J connectivity index is 2.53. The minimum Gasteiger partial charge on any atom is -0.399 e. The smallest absolute Gasteiger partial charge is 0.180 e. The third kappa shape index (κ3) is 2.11. The number of nitriles is 1. The number of benzene rings is 2. The van der Waals surface area contributed by atoms with Crippen molar-refractivity contribution in [2.75, 3.05) is 5.73 Å². The van der Waals surface area contributed by atoms with E-state index in [9.17, 15) is 5.26 Å². The molecule has 0 aromatic heterocycles. The largest absolute Gasteiger partial charge is 0.399 e. The third-order valence-corrected chi connectivity index (χ3v) is 3.16. The van der Waals surface area contributed by atoms with Gasteiger partial charge >= 0.3 is 0 Å². The highest BCUT2D eigenvalue weighted by Gasteiger charge is 2.31. The van der Waals surface area contributed by atoms with Crippen molar-refractivity contribution in [3.8, 4) is 6.07 Å². The van der Waals surface area contributed by atoms with Crippen molar-refractivity contribution in [2.24, 2.45) is 0 Å². The average Bonchev–Trinajstić information content (AvgIpc) is 2.40. The van der Waals surface area contributed by atoms with E-state index in [1.807, 2.05) is 30.3 Å². The van der Waals surface area contributed by atoms with Crippen LogP contribution in [0, 0.1) is 11.3 Å². The molecule has 2 aromatic rings. The van der Waals surface area contributed by atoms with Gasteiger partial charge in [-0.1, -0.05) is 54.1 Å². The zero-order valence-electron chi connectivity index (χ0n) is 9.10. The molecule has 0 fully saturated rings. The SMILES string of the molecule is N#CC(Cl)(c1ccccc1)c1ccc(N)cc1. The fourth-order valence-corrected chi connectivity index (χ4v) is 1.93. The Hall–Kier alpha value is -1.98. The van der Waals surface area contributed by atoms with E-state index in [-0.39, 0.29) is 0 Å². The molecule has 0 saturated carbocycles. The first-order chi connectivity index (χ1) is 8.16. The molecule has 0 aliphatic carbocycles. The molecular weight excluding hydrogens is 232 g/mol. The number of nitrogen functional groups attached to an aromatic ring is 1. The summed E-state index contributed by atoms with van der Waals surface area (Å²) < 4.78 is 0. The molecule has 1 atom stereocenters. The van der Waals surface area contributed by atoms with E-state index in [1.54, 1.807) is 24.3 Å². The molecule has 0 amide bonds. The number of nitrogens with two attached hydrogens (primary N) is 1. The highest BCUT2D eigenvalue weighted by atomic mass is 35.5. The zero-order valence-corrected chi connectivity index (χ0v) is 9.85. The van der Waals surface area contributed by atoms with E-state index in [0.717, 1.165) is 11.1 Å². The van der Waals surface area contributed by atoms with Crippen molar-refractivity contribution in [3.05, 3.63) is 65.7 Å². The fourth-order valence-electron chi connectivity index (χ4n) is 1.68. The van der Waals surface area contributed by atoms with Gasteiger partial charge in [0.05, 0.1) is 6.07 Å². The molecule has 0 aliphatic heterocycles. The molecule has 2 N–H and O–H groups in total. The van der Waals surface area contributed by atoms with Gasteiger partial charge in [-0.05, 0) is 23.3 Å². The molecule has 2 nitrogen and oxygen atoms in total. The minimum atomic E-state index is -1.16. The van der Waals surface area contributed by atoms with Crippen LogP contribution in [0.5, 0.6) is 0 Å². The second-order valence-electron chi connectivity index (χ2n) is 3.76. The Morgan fingerprint density at radius 3 is 2.00 bits per heavy atom. The summed E-state index contributed by atoms with van der Waals surface area (Å²) in [6.07, 6.45) is 0. The van der Waals surface area contributed by atoms with Crippen LogP contribution < -0.4 is 5.73 Å². The summed E-state index contributed by atoms with van der Waals surface area (Å²) in [5, 5.41) is 9.35. The molecule has 2 aromatic carbocycles. The highest BCUT2D eigenvalue weighted by molar-refractivity contribution is 6.28. The lowest BCUT2D eigenvalue weighted by Gasteiger charge is -2.20. The maximum absolute atomic E-state index is 9.35. The van der Waals surface area contributed by atoms with Crippen LogP contribution in [0.25, 0.3) is 0 Å². The van der Waals surface area contributed by atoms with Gasteiger partial charge in [0.25, 0.3) is 0 Å². The molecule has 0 saturated heterocycles. The van der Waals surface area contributed by atoms with Crippen LogP contribution in [0.15, 0.2) is 54.6 Å². The summed E-state index contributed by atoms with van der Waals surface area (Å²) in [5.74, 6) is 0. The Kier molecular flexibility index (Phi) is 3.03. The average molecular weight is 243 g/mol. The van der Waals surface area contributed by atoms with Crippen LogP contribution in [0.4, 0.5) is 5.69 Å². The van der Waals surface area contributed by atoms with Crippen LogP contribution in [-0.4, -0.2) is 0 Å². The molecule has 2 rings (SSSR count). The molecule has 0 bridgehead atoms. The van der Waals surface area contributed by atoms with Crippen molar-refractivity contribution >= 4 is 17.3 Å². The Morgan fingerprint density at radius 1 is 0.941 bits per heavy atom. The van der Waals surface area contributed by atoms with Gasteiger partial charge < -0.3 is 5.73 Å². The first-order valence-corrected chi connectivity index (χ1v) is 5.56. The summed E-state index contributed by atoms with van der Waals surface area (Å²) in [5.41, 5.74) is 7.76. The number of alkyl halides is 1. The van der Waals surface area contributed by atoms with Crippen molar-refractivity contribution in [1.29, 1.82) is 5.26 Å². The van der Waals surface area contributed by atoms with Crippen molar-refractivity contribution in [1.82, 2.24) is 0 Å². The highest BCUT2D eigenvalue weighted by Crippen LogP contribution is 2.36. The predicted molar refractivity (Wildman–Crippen MR) is 69.5 cm³/mol. The quantitative estimate of drug-likeness (QED) is 0.649. The zero-order chi connectivity index (χ0) is 12.3. The van der Waals surface area contributed by atoms with Crippen LogP contribution >= 0.6 is 11.6 Å². The van der Waals surface area contributed by atoms with Crippen molar-refractivity contribution in [2.45, 2.75) is 4.87 Å². The van der Waals surface area contributed by atoms with Crippen LogP contribution in [0.2, 0.25) is 0 Å². The Morgan fingerprint density at radius 2 is 1.47 bits per heavy atom. The van der Waals surface area contributed by atoms with Gasteiger partial charge in [0.2, 0.25) is 0 Å². The minimum absolute atomic E-state index is 0.652. The van der Waals surface area contributed by atoms with Crippen LogP contribution in [-0.2, 0) is 4.87 Å². The Bertz CT molecular complexity index is 543. The van der Waals surface area contributed by atoms with Crippen molar-refractivity contribution in [3.63, 3.8) is 0 Å². The molecule has 0 spiro atoms. The van der Waals surface area contributed by atoms with Crippen molar-refractivity contribution < 1.29 is 0 Å². The maximum Gasteiger partial charge on any atom is 0.180 e. The lowest BCUT2D eigenvalue weighted by atomic mass is 9.91. The summed E-state index contributed by atoms with van der Waals surface area (Å²) in [4.78, 5) is -1.16. The number of rotatable bonds is 2. The van der Waals surface area contributed by atoms with E-state index in [2.05, 4.69) is 6.07 Å². The van der Waals surface area contributed by atoms with Gasteiger partial charge in [0.1, 0.15) is 0 Å². The molecule has 0 aliphatic rings. The van der Waals surface area contributed by atoms with Gasteiger partial charge in [-0.25, -0.2) is 0 Å². The normalized spacial score (nSPS) is 13.6. The van der Waals surface area contributed by atoms with Gasteiger partial charge in [0, 0.05) is 5.69 Å². The lowest BCUT2D eigenvalue weighted by Crippen LogP contribution is -2.17. The van der Waals surface area contributed by atoms with Crippen LogP contribution in [0.1, 0.15) is 11.1 Å². The van der Waals surface area contributed by atoms with E-state index in [4.69, 9.17) is 17.3 Å². The second kappa shape index (κ2) is 4.48. The fraction of sp³-hybridized carbons (Fsp3) is 0.0714. The number of hydrogen-bond donors (Lipinski definition) is 1. The summed E-state index contributed by atoms with van der Waals surface area (Å²) >= 11 is 6.42. The van der Waals surface area contributed by atoms with Gasteiger partial charge in [-0.15, -0.1) is 0 Å². The molecule has 0 radical (unpaired) electrons. The maximum atomic E-state index is 9.35. The van der Waals surface area contributed by atoms with E-state index < -0.39 is 4.87 Å². The topological polar surface area (TPSA) is 49.8 Å². The summed E-state index contributed by atoms with van der Waals surface area (Å²) in [6, 6.07) is 18.5. The second-order valence-corrected chi connectivity index (χ2v) is 4.33. The Labute approximate surface area is 105 Å². The van der Waals surface area contributed by atoms with Gasteiger partial charge in [-0.3, -0.25) is 0 Å². The van der Waals surface area contributed by atoms with Crippen LogP contribution in [0.3, 0.4) is 0 Å². The third-order valence-electron chi connectivity index (χ3n) is 2.63.